The van der Waals surface area contributed by atoms with Gasteiger partial charge in [0.15, 0.2) is 5.96 Å². The van der Waals surface area contributed by atoms with E-state index in [-0.39, 0.29) is 5.91 Å². The van der Waals surface area contributed by atoms with Crippen molar-refractivity contribution in [3.8, 4) is 0 Å². The Bertz CT molecular complexity index is 589. The van der Waals surface area contributed by atoms with E-state index in [0.29, 0.717) is 18.0 Å². The van der Waals surface area contributed by atoms with E-state index in [2.05, 4.69) is 34.5 Å². The second-order valence-electron chi connectivity index (χ2n) is 7.22. The van der Waals surface area contributed by atoms with Crippen molar-refractivity contribution in [2.75, 3.05) is 47.3 Å². The largest absolute Gasteiger partial charge is 0.357 e. The smallest absolute Gasteiger partial charge is 0.253 e. The predicted octanol–water partition coefficient (Wildman–Crippen LogP) is 1.79. The van der Waals surface area contributed by atoms with Crippen LogP contribution in [0.5, 0.6) is 0 Å². The average Bonchev–Trinajstić information content (AvgIpc) is 2.65. The molecule has 1 heterocycles. The molecule has 2 rings (SSSR count). The van der Waals surface area contributed by atoms with Crippen LogP contribution in [0, 0.1) is 5.92 Å². The second kappa shape index (κ2) is 10.2. The number of piperidine rings is 1. The monoisotopic (exact) mass is 359 g/mol. The third-order valence-electron chi connectivity index (χ3n) is 4.77. The Kier molecular flexibility index (Phi) is 7.91. The van der Waals surface area contributed by atoms with E-state index in [0.717, 1.165) is 24.6 Å². The molecule has 1 fully saturated rings. The molecule has 1 aliphatic rings. The zero-order chi connectivity index (χ0) is 18.9. The van der Waals surface area contributed by atoms with Crippen molar-refractivity contribution in [2.24, 2.45) is 10.9 Å². The number of aliphatic imine (C=N–C) groups is 1. The van der Waals surface area contributed by atoms with E-state index in [9.17, 15) is 4.79 Å². The summed E-state index contributed by atoms with van der Waals surface area (Å²) in [5, 5.41) is 6.79. The Morgan fingerprint density at radius 2 is 1.85 bits per heavy atom. The van der Waals surface area contributed by atoms with Gasteiger partial charge in [0, 0.05) is 32.7 Å². The fourth-order valence-corrected chi connectivity index (χ4v) is 3.03. The van der Waals surface area contributed by atoms with Crippen LogP contribution >= 0.6 is 0 Å². The van der Waals surface area contributed by atoms with E-state index in [4.69, 9.17) is 0 Å². The van der Waals surface area contributed by atoms with Gasteiger partial charge < -0.3 is 20.4 Å². The number of carbonyl (C=O) groups excluding carboxylic acids is 1. The third kappa shape index (κ3) is 6.33. The molecule has 0 aromatic heterocycles. The van der Waals surface area contributed by atoms with Gasteiger partial charge in [0.25, 0.3) is 5.91 Å². The molecule has 1 amide bonds. The first-order valence-corrected chi connectivity index (χ1v) is 9.51. The minimum Gasteiger partial charge on any atom is -0.357 e. The van der Waals surface area contributed by atoms with E-state index < -0.39 is 0 Å². The summed E-state index contributed by atoms with van der Waals surface area (Å²) in [6.07, 6.45) is 2.48. The fraction of sp³-hybridized carbons (Fsp3) is 0.600. The molecule has 6 heteroatoms. The number of hydrogen-bond acceptors (Lipinski definition) is 3. The van der Waals surface area contributed by atoms with Crippen molar-refractivity contribution >= 4 is 11.9 Å². The van der Waals surface area contributed by atoms with Gasteiger partial charge in [-0.15, -0.1) is 0 Å². The Balaban J connectivity index is 1.88. The van der Waals surface area contributed by atoms with Crippen molar-refractivity contribution in [1.29, 1.82) is 0 Å². The van der Waals surface area contributed by atoms with Gasteiger partial charge in [0.1, 0.15) is 0 Å². The molecule has 2 N–H and O–H groups in total. The number of nitrogens with one attached hydrogen (secondary N) is 2. The van der Waals surface area contributed by atoms with Crippen molar-refractivity contribution < 1.29 is 4.79 Å². The minimum absolute atomic E-state index is 0.0215. The van der Waals surface area contributed by atoms with Crippen LogP contribution in [0.2, 0.25) is 0 Å². The molecule has 1 saturated heterocycles. The van der Waals surface area contributed by atoms with Crippen molar-refractivity contribution in [3.05, 3.63) is 35.4 Å². The Hall–Kier alpha value is -2.08. The van der Waals surface area contributed by atoms with Crippen LogP contribution in [0.3, 0.4) is 0 Å². The van der Waals surface area contributed by atoms with Gasteiger partial charge in [0.05, 0.1) is 6.54 Å². The van der Waals surface area contributed by atoms with E-state index in [1.807, 2.05) is 24.3 Å². The Labute approximate surface area is 157 Å². The van der Waals surface area contributed by atoms with Gasteiger partial charge in [-0.1, -0.05) is 12.1 Å². The molecule has 26 heavy (non-hydrogen) atoms. The molecular weight excluding hydrogens is 326 g/mol. The van der Waals surface area contributed by atoms with Crippen LogP contribution < -0.4 is 10.6 Å². The van der Waals surface area contributed by atoms with Crippen molar-refractivity contribution in [2.45, 2.75) is 26.3 Å². The highest BCUT2D eigenvalue weighted by atomic mass is 16.2. The normalized spacial score (nSPS) is 16.4. The quantitative estimate of drug-likeness (QED) is 0.600. The molecular formula is C20H33N5O. The summed E-state index contributed by atoms with van der Waals surface area (Å²) in [4.78, 5) is 20.6. The first kappa shape index (κ1) is 20.2. The zero-order valence-corrected chi connectivity index (χ0v) is 16.6. The fourth-order valence-electron chi connectivity index (χ4n) is 3.03. The average molecular weight is 360 g/mol. The second-order valence-corrected chi connectivity index (χ2v) is 7.22. The number of benzene rings is 1. The predicted molar refractivity (Wildman–Crippen MR) is 107 cm³/mol. The lowest BCUT2D eigenvalue weighted by Crippen LogP contribution is -2.42. The highest BCUT2D eigenvalue weighted by molar-refractivity contribution is 5.93. The third-order valence-corrected chi connectivity index (χ3v) is 4.77. The van der Waals surface area contributed by atoms with E-state index >= 15 is 0 Å². The van der Waals surface area contributed by atoms with Crippen LogP contribution in [0.1, 0.15) is 35.7 Å². The lowest BCUT2D eigenvalue weighted by Gasteiger charge is -2.29. The summed E-state index contributed by atoms with van der Waals surface area (Å²) < 4.78 is 0. The molecule has 0 aliphatic carbocycles. The molecule has 0 bridgehead atoms. The molecule has 0 saturated carbocycles. The summed E-state index contributed by atoms with van der Waals surface area (Å²) in [5.41, 5.74) is 1.80. The molecule has 0 radical (unpaired) electrons. The van der Waals surface area contributed by atoms with E-state index in [1.54, 1.807) is 19.0 Å². The SMILES string of the molecule is CCNC(=NCc1ccc(C(=O)N(C)C)cc1)NCC1CCN(C)CC1. The first-order chi connectivity index (χ1) is 12.5. The number of guanidine groups is 1. The van der Waals surface area contributed by atoms with Gasteiger partial charge in [-0.25, -0.2) is 4.99 Å². The van der Waals surface area contributed by atoms with Crippen LogP contribution in [0.4, 0.5) is 0 Å². The van der Waals surface area contributed by atoms with Gasteiger partial charge in [-0.2, -0.15) is 0 Å². The molecule has 1 aromatic rings. The number of rotatable bonds is 6. The number of likely N-dealkylation sites (tertiary alicyclic amines) is 1. The molecule has 0 atom stereocenters. The molecule has 0 unspecified atom stereocenters. The van der Waals surface area contributed by atoms with Gasteiger partial charge in [-0.3, -0.25) is 4.79 Å². The van der Waals surface area contributed by atoms with Crippen LogP contribution in [0.15, 0.2) is 29.3 Å². The molecule has 6 nitrogen and oxygen atoms in total. The number of hydrogen-bond donors (Lipinski definition) is 2. The maximum Gasteiger partial charge on any atom is 0.253 e. The minimum atomic E-state index is 0.0215. The number of amides is 1. The molecule has 144 valence electrons. The summed E-state index contributed by atoms with van der Waals surface area (Å²) in [6, 6.07) is 7.68. The maximum absolute atomic E-state index is 11.9. The first-order valence-electron chi connectivity index (χ1n) is 9.51. The Morgan fingerprint density at radius 3 is 2.42 bits per heavy atom. The van der Waals surface area contributed by atoms with Crippen LogP contribution in [0.25, 0.3) is 0 Å². The zero-order valence-electron chi connectivity index (χ0n) is 16.6. The lowest BCUT2D eigenvalue weighted by atomic mass is 9.97. The van der Waals surface area contributed by atoms with Crippen molar-refractivity contribution in [1.82, 2.24) is 20.4 Å². The molecule has 1 aromatic carbocycles. The molecule has 1 aliphatic heterocycles. The molecule has 0 spiro atoms. The van der Waals surface area contributed by atoms with E-state index in [1.165, 1.54) is 25.9 Å². The summed E-state index contributed by atoms with van der Waals surface area (Å²) in [7, 11) is 5.71. The van der Waals surface area contributed by atoms with Crippen LogP contribution in [-0.4, -0.2) is 69.0 Å². The maximum atomic E-state index is 11.9. The van der Waals surface area contributed by atoms with Gasteiger partial charge in [0.2, 0.25) is 0 Å². The lowest BCUT2D eigenvalue weighted by molar-refractivity contribution is 0.0827. The van der Waals surface area contributed by atoms with Gasteiger partial charge >= 0.3 is 0 Å². The highest BCUT2D eigenvalue weighted by Gasteiger charge is 2.16. The summed E-state index contributed by atoms with van der Waals surface area (Å²) >= 11 is 0. The topological polar surface area (TPSA) is 60.0 Å². The summed E-state index contributed by atoms with van der Waals surface area (Å²) in [6.45, 7) is 6.84. The Morgan fingerprint density at radius 1 is 1.19 bits per heavy atom. The van der Waals surface area contributed by atoms with Crippen LogP contribution in [-0.2, 0) is 6.54 Å². The van der Waals surface area contributed by atoms with Crippen molar-refractivity contribution in [3.63, 3.8) is 0 Å². The standard InChI is InChI=1S/C20H33N5O/c1-5-21-20(23-15-17-10-12-25(4)13-11-17)22-14-16-6-8-18(9-7-16)19(26)24(2)3/h6-9,17H,5,10-15H2,1-4H3,(H2,21,22,23). The number of carbonyl (C=O) groups is 1. The number of nitrogens with zero attached hydrogens (tertiary/aromatic N) is 3. The highest BCUT2D eigenvalue weighted by Crippen LogP contribution is 2.14. The van der Waals surface area contributed by atoms with Gasteiger partial charge in [-0.05, 0) is 63.5 Å². The summed E-state index contributed by atoms with van der Waals surface area (Å²) in [5.74, 6) is 1.60.